The van der Waals surface area contributed by atoms with Crippen molar-refractivity contribution in [1.29, 1.82) is 0 Å². The number of rotatable bonds is 6. The first-order valence-electron chi connectivity index (χ1n) is 10.4. The summed E-state index contributed by atoms with van der Waals surface area (Å²) < 4.78 is 12.8. The predicted octanol–water partition coefficient (Wildman–Crippen LogP) is 5.02. The molecule has 170 valence electrons. The number of pyridine rings is 1. The molecule has 0 radical (unpaired) electrons. The highest BCUT2D eigenvalue weighted by Crippen LogP contribution is 2.31. The average Bonchev–Trinajstić information content (AvgIpc) is 3.37. The van der Waals surface area contributed by atoms with Gasteiger partial charge in [0.2, 0.25) is 5.65 Å². The zero-order valence-corrected chi connectivity index (χ0v) is 19.1. The summed E-state index contributed by atoms with van der Waals surface area (Å²) in [5.41, 5.74) is 3.49. The number of amides is 1. The lowest BCUT2D eigenvalue weighted by Crippen LogP contribution is -2.23. The van der Waals surface area contributed by atoms with E-state index in [4.69, 9.17) is 20.8 Å². The summed E-state index contributed by atoms with van der Waals surface area (Å²) in [4.78, 5) is 34.4. The summed E-state index contributed by atoms with van der Waals surface area (Å²) in [5, 5.41) is 3.71. The van der Waals surface area contributed by atoms with Crippen LogP contribution in [0.2, 0.25) is 5.02 Å². The van der Waals surface area contributed by atoms with Crippen LogP contribution in [0.3, 0.4) is 0 Å². The molecule has 0 saturated heterocycles. The number of oxazole rings is 1. The lowest BCUT2D eigenvalue weighted by atomic mass is 10.1. The van der Waals surface area contributed by atoms with Crippen molar-refractivity contribution in [2.45, 2.75) is 13.5 Å². The molecule has 3 heterocycles. The lowest BCUT2D eigenvalue weighted by Gasteiger charge is -2.09. The van der Waals surface area contributed by atoms with Crippen LogP contribution in [0.4, 0.5) is 6.01 Å². The number of methoxy groups -OCH3 is 1. The molecular weight excluding hydrogens is 456 g/mol. The number of anilines is 1. The topological polar surface area (TPSA) is 99.2 Å². The third kappa shape index (κ3) is 3.88. The van der Waals surface area contributed by atoms with Crippen LogP contribution in [0.15, 0.2) is 65.2 Å². The quantitative estimate of drug-likeness (QED) is 0.274. The van der Waals surface area contributed by atoms with Crippen LogP contribution < -0.4 is 10.1 Å². The lowest BCUT2D eigenvalue weighted by molar-refractivity contribution is -0.112. The van der Waals surface area contributed by atoms with Crippen LogP contribution in [-0.4, -0.2) is 33.3 Å². The molecule has 34 heavy (non-hydrogen) atoms. The second kappa shape index (κ2) is 8.64. The first kappa shape index (κ1) is 21.7. The summed E-state index contributed by atoms with van der Waals surface area (Å²) in [6.45, 7) is 2.31. The number of ether oxygens (including phenoxy) is 1. The van der Waals surface area contributed by atoms with Crippen molar-refractivity contribution in [3.05, 3.63) is 82.6 Å². The van der Waals surface area contributed by atoms with E-state index in [9.17, 15) is 9.59 Å². The molecule has 0 aliphatic heterocycles. The van der Waals surface area contributed by atoms with E-state index in [-0.39, 0.29) is 11.6 Å². The fourth-order valence-electron chi connectivity index (χ4n) is 3.94. The number of Topliss-reactive ketones (excluding diaryl/α,β-unsaturated/α-hetero) is 1. The highest BCUT2D eigenvalue weighted by Gasteiger charge is 2.27. The van der Waals surface area contributed by atoms with Crippen molar-refractivity contribution in [3.63, 3.8) is 0 Å². The highest BCUT2D eigenvalue weighted by atomic mass is 35.5. The van der Waals surface area contributed by atoms with E-state index >= 15 is 0 Å². The minimum atomic E-state index is -0.858. The SMILES string of the molecule is COc1ccc2c(c1)c(C(=O)C(=O)Nc1nc3ncccc3o1)c(C)n2Cc1ccc(Cl)cc1. The van der Waals surface area contributed by atoms with E-state index in [2.05, 4.69) is 15.3 Å². The van der Waals surface area contributed by atoms with Gasteiger partial charge in [-0.15, -0.1) is 0 Å². The maximum atomic E-state index is 13.3. The van der Waals surface area contributed by atoms with E-state index in [1.165, 1.54) is 0 Å². The Kier molecular flexibility index (Phi) is 5.51. The normalized spacial score (nSPS) is 11.1. The number of aromatic nitrogens is 3. The summed E-state index contributed by atoms with van der Waals surface area (Å²) in [6.07, 6.45) is 1.56. The summed E-state index contributed by atoms with van der Waals surface area (Å²) in [6, 6.07) is 16.2. The highest BCUT2D eigenvalue weighted by molar-refractivity contribution is 6.48. The number of nitrogens with zero attached hydrogens (tertiary/aromatic N) is 3. The van der Waals surface area contributed by atoms with Gasteiger partial charge in [-0.2, -0.15) is 4.98 Å². The van der Waals surface area contributed by atoms with Crippen molar-refractivity contribution in [2.24, 2.45) is 0 Å². The Hall–Kier alpha value is -4.17. The Morgan fingerprint density at radius 2 is 1.94 bits per heavy atom. The molecule has 0 saturated carbocycles. The predicted molar refractivity (Wildman–Crippen MR) is 129 cm³/mol. The van der Waals surface area contributed by atoms with Crippen LogP contribution >= 0.6 is 11.6 Å². The van der Waals surface area contributed by atoms with Gasteiger partial charge in [0, 0.05) is 34.4 Å². The van der Waals surface area contributed by atoms with Crippen molar-refractivity contribution >= 4 is 51.4 Å². The second-order valence-electron chi connectivity index (χ2n) is 7.68. The number of carbonyl (C=O) groups excluding carboxylic acids is 2. The van der Waals surface area contributed by atoms with Gasteiger partial charge in [0.15, 0.2) is 5.58 Å². The molecule has 5 rings (SSSR count). The van der Waals surface area contributed by atoms with Crippen LogP contribution in [-0.2, 0) is 11.3 Å². The Labute approximate surface area is 199 Å². The molecule has 0 bridgehead atoms. The molecule has 8 nitrogen and oxygen atoms in total. The molecule has 2 aromatic carbocycles. The Bertz CT molecular complexity index is 1520. The molecule has 0 fully saturated rings. The van der Waals surface area contributed by atoms with Crippen LogP contribution in [0, 0.1) is 6.92 Å². The maximum Gasteiger partial charge on any atom is 0.304 e. The number of fused-ring (bicyclic) bond motifs is 2. The van der Waals surface area contributed by atoms with Gasteiger partial charge in [-0.05, 0) is 55.0 Å². The van der Waals surface area contributed by atoms with Gasteiger partial charge in [-0.25, -0.2) is 4.98 Å². The van der Waals surface area contributed by atoms with Gasteiger partial charge >= 0.3 is 6.01 Å². The maximum absolute atomic E-state index is 13.3. The van der Waals surface area contributed by atoms with Crippen molar-refractivity contribution < 1.29 is 18.7 Å². The molecule has 0 aliphatic rings. The minimum absolute atomic E-state index is 0.0906. The van der Waals surface area contributed by atoms with Gasteiger partial charge in [0.1, 0.15) is 5.75 Å². The van der Waals surface area contributed by atoms with Gasteiger partial charge < -0.3 is 13.7 Å². The third-order valence-corrected chi connectivity index (χ3v) is 5.86. The molecule has 0 spiro atoms. The van der Waals surface area contributed by atoms with E-state index in [0.29, 0.717) is 39.6 Å². The first-order valence-corrected chi connectivity index (χ1v) is 10.8. The smallest absolute Gasteiger partial charge is 0.304 e. The number of hydrogen-bond acceptors (Lipinski definition) is 6. The van der Waals surface area contributed by atoms with Crippen molar-refractivity contribution in [3.8, 4) is 5.75 Å². The van der Waals surface area contributed by atoms with Gasteiger partial charge in [0.25, 0.3) is 11.7 Å². The molecular formula is C25H19ClN4O4. The molecule has 0 unspecified atom stereocenters. The largest absolute Gasteiger partial charge is 0.497 e. The Morgan fingerprint density at radius 3 is 2.68 bits per heavy atom. The van der Waals surface area contributed by atoms with Crippen molar-refractivity contribution in [2.75, 3.05) is 12.4 Å². The van der Waals surface area contributed by atoms with E-state index in [0.717, 1.165) is 11.1 Å². The van der Waals surface area contributed by atoms with Crippen LogP contribution in [0.1, 0.15) is 21.6 Å². The standard InChI is InChI=1S/C25H19ClN4O4/c1-14-21(22(31)24(32)29-25-28-23-20(34-25)4-3-11-27-23)18-12-17(33-2)9-10-19(18)30(14)13-15-5-7-16(26)8-6-15/h3-12H,13H2,1-2H3,(H,27,28,29,32). The van der Waals surface area contributed by atoms with Crippen LogP contribution in [0.5, 0.6) is 5.75 Å². The number of halogens is 1. The number of carbonyl (C=O) groups is 2. The van der Waals surface area contributed by atoms with Gasteiger partial charge in [0.05, 0.1) is 12.7 Å². The average molecular weight is 475 g/mol. The second-order valence-corrected chi connectivity index (χ2v) is 8.12. The number of hydrogen-bond donors (Lipinski definition) is 1. The van der Waals surface area contributed by atoms with E-state index in [1.807, 2.05) is 47.9 Å². The fraction of sp³-hybridized carbons (Fsp3) is 0.120. The summed E-state index contributed by atoms with van der Waals surface area (Å²) in [7, 11) is 1.55. The summed E-state index contributed by atoms with van der Waals surface area (Å²) >= 11 is 6.02. The monoisotopic (exact) mass is 474 g/mol. The number of benzene rings is 2. The van der Waals surface area contributed by atoms with Crippen molar-refractivity contribution in [1.82, 2.24) is 14.5 Å². The molecule has 1 amide bonds. The molecule has 5 aromatic rings. The Balaban J connectivity index is 1.54. The first-order chi connectivity index (χ1) is 16.4. The van der Waals surface area contributed by atoms with E-state index in [1.54, 1.807) is 31.5 Å². The molecule has 1 N–H and O–H groups in total. The zero-order valence-electron chi connectivity index (χ0n) is 18.3. The van der Waals surface area contributed by atoms with Crippen LogP contribution in [0.25, 0.3) is 22.1 Å². The zero-order chi connectivity index (χ0) is 23.8. The molecule has 9 heteroatoms. The molecule has 0 aliphatic carbocycles. The third-order valence-electron chi connectivity index (χ3n) is 5.60. The summed E-state index contributed by atoms with van der Waals surface area (Å²) in [5.74, 6) is -0.987. The number of ketones is 1. The minimum Gasteiger partial charge on any atom is -0.497 e. The van der Waals surface area contributed by atoms with Gasteiger partial charge in [-0.1, -0.05) is 23.7 Å². The van der Waals surface area contributed by atoms with E-state index < -0.39 is 11.7 Å². The Morgan fingerprint density at radius 1 is 1.15 bits per heavy atom. The fourth-order valence-corrected chi connectivity index (χ4v) is 4.07. The molecule has 3 aromatic heterocycles. The number of nitrogens with one attached hydrogen (secondary N) is 1. The molecule has 0 atom stereocenters. The van der Waals surface area contributed by atoms with Gasteiger partial charge in [-0.3, -0.25) is 14.9 Å².